The van der Waals surface area contributed by atoms with E-state index in [0.717, 1.165) is 22.0 Å². The minimum atomic E-state index is 0.644. The van der Waals surface area contributed by atoms with Gasteiger partial charge >= 0.3 is 0 Å². The predicted octanol–water partition coefficient (Wildman–Crippen LogP) is 3.36. The fourth-order valence-electron chi connectivity index (χ4n) is 2.12. The molecule has 17 heavy (non-hydrogen) atoms. The van der Waals surface area contributed by atoms with E-state index in [4.69, 9.17) is 5.73 Å². The van der Waals surface area contributed by atoms with Crippen molar-refractivity contribution in [2.24, 2.45) is 0 Å². The van der Waals surface area contributed by atoms with E-state index >= 15 is 0 Å². The highest BCUT2D eigenvalue weighted by molar-refractivity contribution is 9.10. The number of hydrogen-bond donors (Lipinski definition) is 1. The summed E-state index contributed by atoms with van der Waals surface area (Å²) >= 11 is 5.57. The lowest BCUT2D eigenvalue weighted by molar-refractivity contribution is 0.204. The molecule has 1 saturated heterocycles. The molecule has 0 bridgehead atoms. The van der Waals surface area contributed by atoms with Crippen LogP contribution in [0.25, 0.3) is 0 Å². The van der Waals surface area contributed by atoms with Crippen LogP contribution in [-0.4, -0.2) is 28.5 Å². The highest BCUT2D eigenvalue weighted by Crippen LogP contribution is 2.27. The third-order valence-corrected chi connectivity index (χ3v) is 5.49. The smallest absolute Gasteiger partial charge is 0.0458 e. The van der Waals surface area contributed by atoms with Crippen LogP contribution < -0.4 is 5.73 Å². The van der Waals surface area contributed by atoms with E-state index in [9.17, 15) is 0 Å². The molecule has 0 aromatic heterocycles. The van der Waals surface area contributed by atoms with Gasteiger partial charge in [-0.05, 0) is 40.5 Å². The van der Waals surface area contributed by atoms with Gasteiger partial charge in [-0.3, -0.25) is 4.90 Å². The van der Waals surface area contributed by atoms with Crippen molar-refractivity contribution in [3.05, 3.63) is 28.2 Å². The normalized spacial score (nSPS) is 26.1. The lowest BCUT2D eigenvalue weighted by Crippen LogP contribution is -2.43. The fraction of sp³-hybridized carbons (Fsp3) is 0.538. The van der Waals surface area contributed by atoms with Gasteiger partial charge in [0.2, 0.25) is 0 Å². The van der Waals surface area contributed by atoms with E-state index in [1.165, 1.54) is 17.9 Å². The topological polar surface area (TPSA) is 29.3 Å². The Balaban J connectivity index is 2.07. The van der Waals surface area contributed by atoms with Crippen LogP contribution in [0.2, 0.25) is 0 Å². The Morgan fingerprint density at radius 2 is 2.24 bits per heavy atom. The van der Waals surface area contributed by atoms with Crippen LogP contribution in [0, 0.1) is 0 Å². The van der Waals surface area contributed by atoms with E-state index in [0.29, 0.717) is 6.04 Å². The average Bonchev–Trinajstić information content (AvgIpc) is 2.30. The van der Waals surface area contributed by atoms with Crippen LogP contribution in [0.4, 0.5) is 5.69 Å². The van der Waals surface area contributed by atoms with Crippen molar-refractivity contribution < 1.29 is 0 Å². The van der Waals surface area contributed by atoms with Crippen molar-refractivity contribution in [2.75, 3.05) is 18.0 Å². The van der Waals surface area contributed by atoms with E-state index < -0.39 is 0 Å². The number of nitrogen functional groups attached to an aromatic ring is 1. The molecule has 0 aliphatic carbocycles. The molecule has 1 aromatic carbocycles. The van der Waals surface area contributed by atoms with Gasteiger partial charge < -0.3 is 5.73 Å². The third-order valence-electron chi connectivity index (χ3n) is 3.47. The molecule has 0 saturated carbocycles. The maximum Gasteiger partial charge on any atom is 0.0458 e. The standard InChI is InChI=1S/C13H19BrN2S/c1-9-10(2)17-6-5-16(9)8-11-3-4-13(15)12(14)7-11/h3-4,7,9-10H,5-6,8,15H2,1-2H3. The number of hydrogen-bond acceptors (Lipinski definition) is 3. The lowest BCUT2D eigenvalue weighted by Gasteiger charge is -2.37. The molecule has 1 heterocycles. The molecule has 94 valence electrons. The Kier molecular flexibility index (Phi) is 4.39. The highest BCUT2D eigenvalue weighted by Gasteiger charge is 2.24. The first kappa shape index (κ1) is 13.2. The molecule has 0 amide bonds. The minimum Gasteiger partial charge on any atom is -0.398 e. The van der Waals surface area contributed by atoms with Gasteiger partial charge in [-0.25, -0.2) is 0 Å². The number of anilines is 1. The van der Waals surface area contributed by atoms with Crippen LogP contribution in [0.3, 0.4) is 0 Å². The van der Waals surface area contributed by atoms with Crippen LogP contribution in [0.5, 0.6) is 0 Å². The van der Waals surface area contributed by atoms with Crippen molar-refractivity contribution in [2.45, 2.75) is 31.7 Å². The van der Waals surface area contributed by atoms with Gasteiger partial charge in [-0.2, -0.15) is 11.8 Å². The molecular weight excluding hydrogens is 296 g/mol. The van der Waals surface area contributed by atoms with Crippen LogP contribution in [-0.2, 0) is 6.54 Å². The average molecular weight is 315 g/mol. The number of nitrogens with zero attached hydrogens (tertiary/aromatic N) is 1. The zero-order chi connectivity index (χ0) is 12.4. The van der Waals surface area contributed by atoms with E-state index in [1.807, 2.05) is 6.07 Å². The van der Waals surface area contributed by atoms with E-state index in [-0.39, 0.29) is 0 Å². The van der Waals surface area contributed by atoms with Gasteiger partial charge in [0.15, 0.2) is 0 Å². The Hall–Kier alpha value is -0.190. The first-order valence-electron chi connectivity index (χ1n) is 5.97. The molecule has 2 atom stereocenters. The Morgan fingerprint density at radius 3 is 2.94 bits per heavy atom. The van der Waals surface area contributed by atoms with Gasteiger partial charge in [0, 0.05) is 40.3 Å². The number of benzene rings is 1. The second kappa shape index (κ2) is 5.63. The van der Waals surface area contributed by atoms with Gasteiger partial charge in [0.25, 0.3) is 0 Å². The van der Waals surface area contributed by atoms with Crippen molar-refractivity contribution in [3.63, 3.8) is 0 Å². The number of thioether (sulfide) groups is 1. The summed E-state index contributed by atoms with van der Waals surface area (Å²) in [5, 5.41) is 0.723. The Bertz CT molecular complexity index is 397. The molecule has 1 fully saturated rings. The number of halogens is 1. The minimum absolute atomic E-state index is 0.644. The van der Waals surface area contributed by atoms with E-state index in [1.54, 1.807) is 0 Å². The summed E-state index contributed by atoms with van der Waals surface area (Å²) < 4.78 is 1.00. The summed E-state index contributed by atoms with van der Waals surface area (Å²) in [4.78, 5) is 2.55. The fourth-order valence-corrected chi connectivity index (χ4v) is 3.71. The Labute approximate surface area is 116 Å². The zero-order valence-corrected chi connectivity index (χ0v) is 12.7. The molecule has 1 aromatic rings. The molecule has 0 spiro atoms. The van der Waals surface area contributed by atoms with Crippen molar-refractivity contribution in [1.82, 2.24) is 4.90 Å². The van der Waals surface area contributed by atoms with Gasteiger partial charge in [0.05, 0.1) is 0 Å². The maximum absolute atomic E-state index is 5.81. The third kappa shape index (κ3) is 3.18. The molecule has 1 aliphatic heterocycles. The Morgan fingerprint density at radius 1 is 1.47 bits per heavy atom. The monoisotopic (exact) mass is 314 g/mol. The zero-order valence-electron chi connectivity index (χ0n) is 10.3. The number of rotatable bonds is 2. The molecule has 1 aliphatic rings. The van der Waals surface area contributed by atoms with Crippen LogP contribution >= 0.6 is 27.7 Å². The first-order valence-corrected chi connectivity index (χ1v) is 7.81. The molecule has 4 heteroatoms. The maximum atomic E-state index is 5.81. The second-order valence-electron chi connectivity index (χ2n) is 4.64. The van der Waals surface area contributed by atoms with Crippen molar-refractivity contribution in [1.29, 1.82) is 0 Å². The summed E-state index contributed by atoms with van der Waals surface area (Å²) in [6.07, 6.45) is 0. The van der Waals surface area contributed by atoms with Crippen LogP contribution in [0.1, 0.15) is 19.4 Å². The van der Waals surface area contributed by atoms with Gasteiger partial charge in [-0.15, -0.1) is 0 Å². The summed E-state index contributed by atoms with van der Waals surface area (Å²) in [5.41, 5.74) is 7.95. The summed E-state index contributed by atoms with van der Waals surface area (Å²) in [6, 6.07) is 6.88. The van der Waals surface area contributed by atoms with Crippen molar-refractivity contribution >= 4 is 33.4 Å². The summed E-state index contributed by atoms with van der Waals surface area (Å²) in [7, 11) is 0. The van der Waals surface area contributed by atoms with Crippen LogP contribution in [0.15, 0.2) is 22.7 Å². The summed E-state index contributed by atoms with van der Waals surface area (Å²) in [5.74, 6) is 1.24. The lowest BCUT2D eigenvalue weighted by atomic mass is 10.1. The first-order chi connectivity index (χ1) is 8.08. The molecule has 2 unspecified atom stereocenters. The van der Waals surface area contributed by atoms with E-state index in [2.05, 4.69) is 58.6 Å². The molecule has 2 rings (SSSR count). The second-order valence-corrected chi connectivity index (χ2v) is 6.98. The van der Waals surface area contributed by atoms with Gasteiger partial charge in [-0.1, -0.05) is 13.0 Å². The quantitative estimate of drug-likeness (QED) is 0.849. The number of nitrogens with two attached hydrogens (primary N) is 1. The molecular formula is C13H19BrN2S. The highest BCUT2D eigenvalue weighted by atomic mass is 79.9. The molecule has 2 N–H and O–H groups in total. The summed E-state index contributed by atoms with van der Waals surface area (Å²) in [6.45, 7) is 6.84. The van der Waals surface area contributed by atoms with Crippen molar-refractivity contribution in [3.8, 4) is 0 Å². The van der Waals surface area contributed by atoms with Gasteiger partial charge in [0.1, 0.15) is 0 Å². The largest absolute Gasteiger partial charge is 0.398 e. The SMILES string of the molecule is CC1SCCN(Cc2ccc(N)c(Br)c2)C1C. The predicted molar refractivity (Wildman–Crippen MR) is 80.3 cm³/mol. The molecule has 0 radical (unpaired) electrons. The molecule has 2 nitrogen and oxygen atoms in total.